The molecule has 1 saturated heterocycles. The highest BCUT2D eigenvalue weighted by atomic mass is 16.2. The van der Waals surface area contributed by atoms with E-state index in [-0.39, 0.29) is 18.0 Å². The van der Waals surface area contributed by atoms with E-state index in [0.717, 1.165) is 0 Å². The molecule has 2 amide bonds. The second-order valence-electron chi connectivity index (χ2n) is 3.25. The number of hydrogen-bond donors (Lipinski definition) is 2. The van der Waals surface area contributed by atoms with Crippen molar-refractivity contribution < 1.29 is 9.59 Å². The lowest BCUT2D eigenvalue weighted by Gasteiger charge is -2.40. The van der Waals surface area contributed by atoms with Crippen molar-refractivity contribution in [1.82, 2.24) is 10.2 Å². The van der Waals surface area contributed by atoms with Gasteiger partial charge in [-0.1, -0.05) is 0 Å². The average molecular weight is 185 g/mol. The number of hydrogen-bond acceptors (Lipinski definition) is 3. The molecule has 0 bridgehead atoms. The summed E-state index contributed by atoms with van der Waals surface area (Å²) < 4.78 is 0. The van der Waals surface area contributed by atoms with Crippen LogP contribution in [0.3, 0.4) is 0 Å². The molecule has 1 unspecified atom stereocenters. The van der Waals surface area contributed by atoms with Crippen LogP contribution < -0.4 is 11.1 Å². The maximum absolute atomic E-state index is 11.5. The minimum Gasteiger partial charge on any atom is -0.368 e. The largest absolute Gasteiger partial charge is 0.368 e. The lowest BCUT2D eigenvalue weighted by molar-refractivity contribution is -0.147. The number of amides is 2. The van der Waals surface area contributed by atoms with Crippen molar-refractivity contribution in [2.24, 2.45) is 5.73 Å². The minimum atomic E-state index is -0.414. The highest BCUT2D eigenvalue weighted by Gasteiger charge is 2.37. The van der Waals surface area contributed by atoms with Crippen LogP contribution in [0.15, 0.2) is 0 Å². The van der Waals surface area contributed by atoms with E-state index in [2.05, 4.69) is 5.32 Å². The van der Waals surface area contributed by atoms with Crippen molar-refractivity contribution in [3.63, 3.8) is 0 Å². The summed E-state index contributed by atoms with van der Waals surface area (Å²) in [6.07, 6.45) is 0.692. The third kappa shape index (κ3) is 1.80. The van der Waals surface area contributed by atoms with Gasteiger partial charge in [0.1, 0.15) is 6.04 Å². The molecule has 5 nitrogen and oxygen atoms in total. The van der Waals surface area contributed by atoms with Gasteiger partial charge >= 0.3 is 0 Å². The number of nitrogens with zero attached hydrogens (tertiary/aromatic N) is 1. The molecule has 0 aliphatic carbocycles. The Kier molecular flexibility index (Phi) is 2.87. The zero-order valence-corrected chi connectivity index (χ0v) is 7.91. The van der Waals surface area contributed by atoms with Crippen LogP contribution in [0.4, 0.5) is 0 Å². The monoisotopic (exact) mass is 185 g/mol. The van der Waals surface area contributed by atoms with E-state index < -0.39 is 5.91 Å². The van der Waals surface area contributed by atoms with E-state index in [1.807, 2.05) is 0 Å². The molecule has 1 rings (SSSR count). The number of primary amides is 1. The number of carbonyl (C=O) groups excluding carboxylic acids is 2. The minimum absolute atomic E-state index is 0.0578. The Morgan fingerprint density at radius 3 is 2.54 bits per heavy atom. The first-order valence-electron chi connectivity index (χ1n) is 4.35. The van der Waals surface area contributed by atoms with Crippen molar-refractivity contribution in [2.75, 3.05) is 13.6 Å². The summed E-state index contributed by atoms with van der Waals surface area (Å²) in [5.74, 6) is -0.472. The summed E-state index contributed by atoms with van der Waals surface area (Å²) in [5, 5.41) is 2.83. The Hall–Kier alpha value is -1.10. The normalized spacial score (nSPS) is 23.5. The highest BCUT2D eigenvalue weighted by Crippen LogP contribution is 2.17. The Labute approximate surface area is 77.3 Å². The first-order valence-corrected chi connectivity index (χ1v) is 4.35. The topological polar surface area (TPSA) is 75.4 Å². The molecule has 1 aliphatic rings. The summed E-state index contributed by atoms with van der Waals surface area (Å²) in [6.45, 7) is 2.40. The van der Waals surface area contributed by atoms with Gasteiger partial charge in [0.05, 0.1) is 6.04 Å². The van der Waals surface area contributed by atoms with Gasteiger partial charge in [-0.25, -0.2) is 0 Å². The van der Waals surface area contributed by atoms with Crippen molar-refractivity contribution in [3.8, 4) is 0 Å². The van der Waals surface area contributed by atoms with Gasteiger partial charge in [-0.15, -0.1) is 0 Å². The molecule has 0 aromatic carbocycles. The first-order chi connectivity index (χ1) is 6.07. The van der Waals surface area contributed by atoms with Gasteiger partial charge in [0, 0.05) is 6.54 Å². The van der Waals surface area contributed by atoms with E-state index in [4.69, 9.17) is 5.73 Å². The van der Waals surface area contributed by atoms with E-state index in [0.29, 0.717) is 13.0 Å². The predicted octanol–water partition coefficient (Wildman–Crippen LogP) is -1.32. The molecule has 0 saturated carbocycles. The summed E-state index contributed by atoms with van der Waals surface area (Å²) in [7, 11) is 1.71. The van der Waals surface area contributed by atoms with E-state index >= 15 is 0 Å². The van der Waals surface area contributed by atoms with Crippen LogP contribution in [-0.4, -0.2) is 42.4 Å². The predicted molar refractivity (Wildman–Crippen MR) is 47.8 cm³/mol. The molecule has 0 aromatic rings. The van der Waals surface area contributed by atoms with Crippen LogP contribution in [0.25, 0.3) is 0 Å². The maximum atomic E-state index is 11.5. The van der Waals surface area contributed by atoms with Gasteiger partial charge in [0.15, 0.2) is 0 Å². The second-order valence-corrected chi connectivity index (χ2v) is 3.25. The number of likely N-dealkylation sites (tertiary alicyclic amines) is 1. The van der Waals surface area contributed by atoms with E-state index in [1.165, 1.54) is 4.90 Å². The van der Waals surface area contributed by atoms with E-state index in [1.54, 1.807) is 14.0 Å². The van der Waals surface area contributed by atoms with Gasteiger partial charge in [0.25, 0.3) is 0 Å². The number of carbonyl (C=O) groups is 2. The molecule has 0 aromatic heterocycles. The van der Waals surface area contributed by atoms with Crippen LogP contribution in [0.2, 0.25) is 0 Å². The van der Waals surface area contributed by atoms with Crippen LogP contribution in [0, 0.1) is 0 Å². The third-order valence-electron chi connectivity index (χ3n) is 2.43. The number of nitrogens with one attached hydrogen (secondary N) is 1. The summed E-state index contributed by atoms with van der Waals surface area (Å²) in [4.78, 5) is 23.9. The van der Waals surface area contributed by atoms with Crippen LogP contribution in [-0.2, 0) is 9.59 Å². The SMILES string of the molecule is CN[C@@H](C)C(=O)N1CCC1C(N)=O. The zero-order chi connectivity index (χ0) is 10.0. The molecule has 2 atom stereocenters. The van der Waals surface area contributed by atoms with Gasteiger partial charge in [-0.2, -0.15) is 0 Å². The maximum Gasteiger partial charge on any atom is 0.240 e. The fourth-order valence-corrected chi connectivity index (χ4v) is 1.32. The fourth-order valence-electron chi connectivity index (χ4n) is 1.32. The molecular weight excluding hydrogens is 170 g/mol. The average Bonchev–Trinajstić information content (AvgIpc) is 1.99. The summed E-state index contributed by atoms with van der Waals surface area (Å²) in [5.41, 5.74) is 5.11. The summed E-state index contributed by atoms with van der Waals surface area (Å²) >= 11 is 0. The Bertz CT molecular complexity index is 229. The van der Waals surface area contributed by atoms with Gasteiger partial charge in [-0.3, -0.25) is 9.59 Å². The Morgan fingerprint density at radius 1 is 1.62 bits per heavy atom. The molecule has 5 heteroatoms. The fraction of sp³-hybridized carbons (Fsp3) is 0.750. The third-order valence-corrected chi connectivity index (χ3v) is 2.43. The molecule has 13 heavy (non-hydrogen) atoms. The molecule has 1 fully saturated rings. The highest BCUT2D eigenvalue weighted by molar-refractivity contribution is 5.90. The van der Waals surface area contributed by atoms with Crippen LogP contribution in [0.1, 0.15) is 13.3 Å². The molecule has 0 spiro atoms. The number of likely N-dealkylation sites (N-methyl/N-ethyl adjacent to an activating group) is 1. The lowest BCUT2D eigenvalue weighted by atomic mass is 10.0. The molecule has 3 N–H and O–H groups in total. The van der Waals surface area contributed by atoms with Crippen molar-refractivity contribution in [3.05, 3.63) is 0 Å². The summed E-state index contributed by atoms with van der Waals surface area (Å²) in [6, 6.07) is -0.634. The lowest BCUT2D eigenvalue weighted by Crippen LogP contribution is -2.60. The van der Waals surface area contributed by atoms with Gasteiger partial charge in [-0.05, 0) is 20.4 Å². The van der Waals surface area contributed by atoms with Crippen molar-refractivity contribution >= 4 is 11.8 Å². The molecule has 0 radical (unpaired) electrons. The quantitative estimate of drug-likeness (QED) is 0.572. The Morgan fingerprint density at radius 2 is 2.23 bits per heavy atom. The second kappa shape index (κ2) is 3.74. The van der Waals surface area contributed by atoms with Crippen molar-refractivity contribution in [2.45, 2.75) is 25.4 Å². The molecular formula is C8H15N3O2. The van der Waals surface area contributed by atoms with Crippen molar-refractivity contribution in [1.29, 1.82) is 0 Å². The zero-order valence-electron chi connectivity index (χ0n) is 7.91. The standard InChI is InChI=1S/C8H15N3O2/c1-5(10-2)8(13)11-4-3-6(11)7(9)12/h5-6,10H,3-4H2,1-2H3,(H2,9,12)/t5-,6?/m0/s1. The van der Waals surface area contributed by atoms with E-state index in [9.17, 15) is 9.59 Å². The molecule has 1 aliphatic heterocycles. The molecule has 74 valence electrons. The van der Waals surface area contributed by atoms with Crippen LogP contribution in [0.5, 0.6) is 0 Å². The van der Waals surface area contributed by atoms with Crippen LogP contribution >= 0.6 is 0 Å². The Balaban J connectivity index is 2.53. The number of rotatable bonds is 3. The van der Waals surface area contributed by atoms with Gasteiger partial charge < -0.3 is 16.0 Å². The number of nitrogens with two attached hydrogens (primary N) is 1. The molecule has 1 heterocycles. The smallest absolute Gasteiger partial charge is 0.240 e. The first kappa shape index (κ1) is 9.98. The van der Waals surface area contributed by atoms with Gasteiger partial charge in [0.2, 0.25) is 11.8 Å².